The second-order valence-corrected chi connectivity index (χ2v) is 24.7. The number of furan rings is 2. The van der Waals surface area contributed by atoms with Gasteiger partial charge in [0.25, 0.3) is 0 Å². The van der Waals surface area contributed by atoms with Crippen LogP contribution in [0.5, 0.6) is 11.5 Å². The van der Waals surface area contributed by atoms with Gasteiger partial charge in [-0.2, -0.15) is 8.61 Å². The number of aryl methyl sites for hydroxylation is 2. The molecule has 10 rings (SSSR count). The number of para-hydroxylation sites is 2. The molecule has 2 atom stereocenters. The summed E-state index contributed by atoms with van der Waals surface area (Å²) in [5.74, 6) is 0.744. The van der Waals surface area contributed by atoms with Crippen molar-refractivity contribution in [2.24, 2.45) is 0 Å². The molecule has 0 unspecified atom stereocenters. The third-order valence-corrected chi connectivity index (χ3v) is 19.8. The van der Waals surface area contributed by atoms with E-state index in [0.717, 1.165) is 54.1 Å². The van der Waals surface area contributed by atoms with Crippen molar-refractivity contribution >= 4 is 53.9 Å². The van der Waals surface area contributed by atoms with E-state index in [4.69, 9.17) is 23.0 Å². The standard InChI is InChI=1S/C35H35NO6S.C34H33NO6S.CH3F.Li.H2O.H2/c1-23-19-32(40-4)24(2)25(3)34(23)43(38,39)36(30(35(37)41-5)20-26-11-7-6-8-12-26)22-27-15-17-28(18-16-27)33-21-29-13-9-10-14-31(29)42-33;1-22-18-31(40-4)23(2)24(3)33(22)42(38,39)35(29(34(36)37)19-25-10-6-5-7-11-25)21-26-14-16-27(17-15-26)32-20-28-12-8-9-13-30(28)41-32;1-2;;;/h6-19,21,30H,20,22H2,1-5H3;5-18,20,29H,19,21H2,1-4H3,(H,36,37);1H3;;1H2;1H/q;;;+1;;/p-1/t30-;29-;;;;/m00..../s1/i;;;;;1+2. The van der Waals surface area contributed by atoms with Gasteiger partial charge >= 0.3 is 30.8 Å². The van der Waals surface area contributed by atoms with Gasteiger partial charge in [0.2, 0.25) is 20.0 Å². The number of alkyl halides is 1. The molecule has 10 aromatic rings. The van der Waals surface area contributed by atoms with Crippen molar-refractivity contribution < 1.29 is 84.7 Å². The molecule has 19 heteroatoms. The topological polar surface area (TPSA) is 213 Å². The molecule has 8 aromatic carbocycles. The summed E-state index contributed by atoms with van der Waals surface area (Å²) in [6.45, 7) is 10.4. The summed E-state index contributed by atoms with van der Waals surface area (Å²) in [5.41, 5.74) is 9.71. The average molecular weight is 1240 g/mol. The fourth-order valence-corrected chi connectivity index (χ4v) is 14.9. The van der Waals surface area contributed by atoms with Gasteiger partial charge in [-0.1, -0.05) is 146 Å². The fraction of sp³-hybridized carbons (Fsp3) is 0.229. The van der Waals surface area contributed by atoms with Crippen LogP contribution in [-0.4, -0.2) is 88.6 Å². The molecule has 0 saturated carbocycles. The predicted octanol–water partition coefficient (Wildman–Crippen LogP) is 11.6. The molecule has 462 valence electrons. The summed E-state index contributed by atoms with van der Waals surface area (Å²) in [6.07, 6.45) is 0.163. The first-order valence-electron chi connectivity index (χ1n) is 28.0. The molecule has 89 heavy (non-hydrogen) atoms. The Morgan fingerprint density at radius 1 is 0.494 bits per heavy atom. The number of ether oxygens (including phenoxy) is 3. The van der Waals surface area contributed by atoms with Crippen LogP contribution in [0.4, 0.5) is 4.39 Å². The van der Waals surface area contributed by atoms with Gasteiger partial charge in [-0.15, -0.1) is 0 Å². The Morgan fingerprint density at radius 2 is 0.843 bits per heavy atom. The molecule has 0 amide bonds. The molecule has 0 aliphatic rings. The molecule has 0 spiro atoms. The number of esters is 1. The van der Waals surface area contributed by atoms with E-state index in [2.05, 4.69) is 0 Å². The van der Waals surface area contributed by atoms with Crippen LogP contribution in [0.3, 0.4) is 0 Å². The number of rotatable bonds is 20. The van der Waals surface area contributed by atoms with Gasteiger partial charge < -0.3 is 33.6 Å². The molecular formula is C70H74FLiN2O13S2. The van der Waals surface area contributed by atoms with E-state index in [-0.39, 0.29) is 61.5 Å². The first kappa shape index (κ1) is 69.8. The van der Waals surface area contributed by atoms with Crippen molar-refractivity contribution in [2.75, 3.05) is 28.5 Å². The Labute approximate surface area is 533 Å². The molecular weight excluding hydrogens is 1170 g/mol. The van der Waals surface area contributed by atoms with Crippen molar-refractivity contribution in [3.63, 3.8) is 0 Å². The van der Waals surface area contributed by atoms with E-state index in [0.29, 0.717) is 69.1 Å². The van der Waals surface area contributed by atoms with E-state index >= 15 is 0 Å². The summed E-state index contributed by atoms with van der Waals surface area (Å²) < 4.78 is 98.2. The van der Waals surface area contributed by atoms with Crippen LogP contribution < -0.4 is 28.3 Å². The average Bonchev–Trinajstić information content (AvgIpc) is 1.12. The predicted molar refractivity (Wildman–Crippen MR) is 342 cm³/mol. The number of fused-ring (bicyclic) bond motifs is 2. The fourth-order valence-electron chi connectivity index (χ4n) is 10.8. The monoisotopic (exact) mass is 1240 g/mol. The molecule has 0 bridgehead atoms. The van der Waals surface area contributed by atoms with Crippen LogP contribution >= 0.6 is 0 Å². The van der Waals surface area contributed by atoms with Crippen LogP contribution in [0.2, 0.25) is 0 Å². The van der Waals surface area contributed by atoms with Crippen LogP contribution in [0.1, 0.15) is 57.1 Å². The molecule has 0 radical (unpaired) electrons. The van der Waals surface area contributed by atoms with E-state index in [9.17, 15) is 35.9 Å². The first-order chi connectivity index (χ1) is 41.7. The zero-order chi connectivity index (χ0) is 62.7. The first-order valence-corrected chi connectivity index (χ1v) is 30.9. The second-order valence-electron chi connectivity index (χ2n) is 21.0. The largest absolute Gasteiger partial charge is 1.00 e. The van der Waals surface area contributed by atoms with E-state index in [1.807, 2.05) is 165 Å². The summed E-state index contributed by atoms with van der Waals surface area (Å²) in [5, 5.41) is 12.4. The van der Waals surface area contributed by atoms with Gasteiger partial charge in [0, 0.05) is 36.4 Å². The number of halogens is 1. The number of sulfonamides is 2. The van der Waals surface area contributed by atoms with Gasteiger partial charge in [-0.05, 0) is 146 Å². The van der Waals surface area contributed by atoms with Gasteiger partial charge in [0.15, 0.2) is 0 Å². The van der Waals surface area contributed by atoms with E-state index in [1.165, 1.54) is 18.5 Å². The zero-order valence-electron chi connectivity index (χ0n) is 51.8. The van der Waals surface area contributed by atoms with Crippen molar-refractivity contribution in [3.8, 4) is 34.1 Å². The number of nitrogens with zero attached hydrogens (tertiary/aromatic N) is 2. The molecule has 2 heterocycles. The maximum absolute atomic E-state index is 14.6. The number of benzene rings is 8. The van der Waals surface area contributed by atoms with Crippen LogP contribution in [0.25, 0.3) is 44.6 Å². The van der Waals surface area contributed by atoms with Crippen molar-refractivity contribution in [2.45, 2.75) is 89.3 Å². The number of methoxy groups -OCH3 is 3. The van der Waals surface area contributed by atoms with Crippen LogP contribution in [0.15, 0.2) is 201 Å². The smallest absolute Gasteiger partial charge is 0.870 e. The van der Waals surface area contributed by atoms with Gasteiger partial charge in [0.05, 0.1) is 38.3 Å². The maximum atomic E-state index is 14.6. The summed E-state index contributed by atoms with van der Waals surface area (Å²) in [6, 6.07) is 53.7. The third kappa shape index (κ3) is 15.6. The molecule has 0 aliphatic heterocycles. The normalized spacial score (nSPS) is 12.0. The Bertz CT molecular complexity index is 4220. The Hall–Kier alpha value is -8.31. The number of carbonyl (C=O) groups excluding carboxylic acids is 1. The minimum atomic E-state index is -4.27. The van der Waals surface area contributed by atoms with Crippen molar-refractivity contribution in [1.82, 2.24) is 8.61 Å². The molecule has 2 N–H and O–H groups in total. The van der Waals surface area contributed by atoms with Gasteiger partial charge in [-0.25, -0.2) is 16.8 Å². The third-order valence-electron chi connectivity index (χ3n) is 15.5. The number of hydrogen-bond donors (Lipinski definition) is 1. The number of carbonyl (C=O) groups is 2. The summed E-state index contributed by atoms with van der Waals surface area (Å²) >= 11 is 0. The molecule has 0 fully saturated rings. The minimum Gasteiger partial charge on any atom is -0.870 e. The number of aliphatic carboxylic acids is 1. The van der Waals surface area contributed by atoms with Crippen LogP contribution in [0, 0.1) is 41.5 Å². The van der Waals surface area contributed by atoms with Crippen molar-refractivity contribution in [1.29, 1.82) is 0 Å². The summed E-state index contributed by atoms with van der Waals surface area (Å²) in [7, 11) is -3.60. The Morgan fingerprint density at radius 3 is 1.19 bits per heavy atom. The van der Waals surface area contributed by atoms with Gasteiger partial charge in [0.1, 0.15) is 46.3 Å². The minimum absolute atomic E-state index is 0. The SMILES string of the molecule is CF.COC(=O)[C@H](Cc1ccccc1)N(Cc1ccc(-c2cc3ccccc3o2)cc1)S(=O)(=O)c1c(C)cc(OC)c(C)c1C.COc1cc(C)c(S(=O)(=O)N(Cc2ccc(-c3cc4ccccc4o3)cc2)[C@@H](Cc2ccccc2)C(=O)O)c(C)c1C.[3HH].[Li+].[OH-]. The summed E-state index contributed by atoms with van der Waals surface area (Å²) in [4.78, 5) is 26.3. The van der Waals surface area contributed by atoms with Crippen LogP contribution in [-0.2, 0) is 60.3 Å². The Kier molecular flexibility index (Phi) is 24.1. The number of hydrogen-bond acceptors (Lipinski definition) is 12. The molecule has 2 aromatic heterocycles. The quantitative estimate of drug-likeness (QED) is 0.0556. The molecule has 0 saturated heterocycles. The molecule has 0 aliphatic carbocycles. The Balaban J connectivity index is 0.000000309. The van der Waals surface area contributed by atoms with Gasteiger partial charge in [-0.3, -0.25) is 14.0 Å². The van der Waals surface area contributed by atoms with E-state index in [1.54, 1.807) is 66.0 Å². The maximum Gasteiger partial charge on any atom is 1.00 e. The van der Waals surface area contributed by atoms with E-state index < -0.39 is 44.1 Å². The zero-order valence-corrected chi connectivity index (χ0v) is 53.4. The van der Waals surface area contributed by atoms with Crippen molar-refractivity contribution in [3.05, 3.63) is 238 Å². The number of carboxylic acids is 1. The second kappa shape index (κ2) is 30.7. The molecule has 15 nitrogen and oxygen atoms in total. The number of carboxylic acid groups (broad SMARTS) is 1.